The fraction of sp³-hybridized carbons (Fsp3) is 0.231. The third-order valence-corrected chi connectivity index (χ3v) is 2.88. The summed E-state index contributed by atoms with van der Waals surface area (Å²) in [7, 11) is 3.98. The maximum atomic E-state index is 6.20. The van der Waals surface area contributed by atoms with Crippen molar-refractivity contribution in [2.24, 2.45) is 0 Å². The van der Waals surface area contributed by atoms with Gasteiger partial charge in [0.1, 0.15) is 0 Å². The molecule has 0 bridgehead atoms. The smallest absolute Gasteiger partial charge is 0.0786 e. The first-order chi connectivity index (χ1) is 8.18. The minimum atomic E-state index is 0.758. The highest BCUT2D eigenvalue weighted by molar-refractivity contribution is 6.34. The molecule has 1 aromatic carbocycles. The van der Waals surface area contributed by atoms with Crippen LogP contribution in [0.5, 0.6) is 0 Å². The first-order valence-electron chi connectivity index (χ1n) is 5.50. The van der Waals surface area contributed by atoms with Gasteiger partial charge in [0, 0.05) is 33.0 Å². The van der Waals surface area contributed by atoms with Crippen molar-refractivity contribution in [1.29, 1.82) is 0 Å². The molecule has 0 aliphatic rings. The van der Waals surface area contributed by atoms with E-state index in [4.69, 9.17) is 11.6 Å². The van der Waals surface area contributed by atoms with Crippen LogP contribution in [-0.4, -0.2) is 19.1 Å². The first-order valence-corrected chi connectivity index (χ1v) is 5.87. The Hall–Kier alpha value is -1.61. The molecule has 0 radical (unpaired) electrons. The fourth-order valence-corrected chi connectivity index (χ4v) is 2.12. The Labute approximate surface area is 106 Å². The fourth-order valence-electron chi connectivity index (χ4n) is 1.78. The lowest BCUT2D eigenvalue weighted by Crippen LogP contribution is -2.12. The van der Waals surface area contributed by atoms with Crippen molar-refractivity contribution in [3.05, 3.63) is 47.2 Å². The van der Waals surface area contributed by atoms with E-state index in [0.717, 1.165) is 22.9 Å². The normalized spacial score (nSPS) is 10.3. The lowest BCUT2D eigenvalue weighted by Gasteiger charge is -2.19. The molecule has 3 nitrogen and oxygen atoms in total. The molecule has 1 aromatic heterocycles. The summed E-state index contributed by atoms with van der Waals surface area (Å²) in [6, 6.07) is 7.94. The van der Waals surface area contributed by atoms with Crippen LogP contribution in [0.2, 0.25) is 5.02 Å². The van der Waals surface area contributed by atoms with Crippen molar-refractivity contribution < 1.29 is 0 Å². The monoisotopic (exact) mass is 249 g/mol. The van der Waals surface area contributed by atoms with Crippen LogP contribution in [0.4, 0.5) is 11.4 Å². The first kappa shape index (κ1) is 11.9. The average Bonchev–Trinajstić information content (AvgIpc) is 2.78. The molecule has 90 valence electrons. The number of para-hydroxylation sites is 1. The van der Waals surface area contributed by atoms with E-state index >= 15 is 0 Å². The molecule has 2 N–H and O–H groups in total. The number of aromatic amines is 1. The lowest BCUT2D eigenvalue weighted by atomic mass is 10.2. The van der Waals surface area contributed by atoms with Gasteiger partial charge in [-0.15, -0.1) is 0 Å². The molecule has 0 fully saturated rings. The zero-order chi connectivity index (χ0) is 12.3. The van der Waals surface area contributed by atoms with Crippen LogP contribution in [0.1, 0.15) is 5.56 Å². The minimum absolute atomic E-state index is 0.758. The molecule has 1 heterocycles. The van der Waals surface area contributed by atoms with Crippen LogP contribution in [-0.2, 0) is 6.54 Å². The maximum Gasteiger partial charge on any atom is 0.0786 e. The van der Waals surface area contributed by atoms with Crippen LogP contribution in [0.3, 0.4) is 0 Å². The van der Waals surface area contributed by atoms with E-state index in [1.165, 1.54) is 5.56 Å². The third-order valence-electron chi connectivity index (χ3n) is 2.58. The van der Waals surface area contributed by atoms with Crippen LogP contribution >= 0.6 is 11.6 Å². The molecule has 0 saturated heterocycles. The lowest BCUT2D eigenvalue weighted by molar-refractivity contribution is 1.10. The topological polar surface area (TPSA) is 31.1 Å². The quantitative estimate of drug-likeness (QED) is 0.871. The van der Waals surface area contributed by atoms with Gasteiger partial charge in [-0.05, 0) is 23.8 Å². The average molecular weight is 250 g/mol. The zero-order valence-electron chi connectivity index (χ0n) is 10.00. The molecule has 0 aliphatic carbocycles. The van der Waals surface area contributed by atoms with Gasteiger partial charge in [-0.25, -0.2) is 0 Å². The summed E-state index contributed by atoms with van der Waals surface area (Å²) in [4.78, 5) is 5.05. The van der Waals surface area contributed by atoms with Crippen LogP contribution in [0, 0.1) is 0 Å². The van der Waals surface area contributed by atoms with Gasteiger partial charge in [0.05, 0.1) is 16.4 Å². The SMILES string of the molecule is CN(C)c1c(Cl)cccc1NCc1cc[nH]c1. The highest BCUT2D eigenvalue weighted by Gasteiger charge is 2.08. The molecule has 17 heavy (non-hydrogen) atoms. The molecule has 2 aromatic rings. The summed E-state index contributed by atoms with van der Waals surface area (Å²) in [6.07, 6.45) is 3.90. The Bertz CT molecular complexity index is 477. The molecular weight excluding hydrogens is 234 g/mol. The van der Waals surface area contributed by atoms with Crippen LogP contribution in [0.15, 0.2) is 36.7 Å². The van der Waals surface area contributed by atoms with E-state index in [9.17, 15) is 0 Å². The van der Waals surface area contributed by atoms with E-state index in [-0.39, 0.29) is 0 Å². The van der Waals surface area contributed by atoms with Crippen LogP contribution in [0.25, 0.3) is 0 Å². The van der Waals surface area contributed by atoms with Gasteiger partial charge in [0.2, 0.25) is 0 Å². The van der Waals surface area contributed by atoms with Gasteiger partial charge in [0.25, 0.3) is 0 Å². The van der Waals surface area contributed by atoms with Crippen molar-refractivity contribution in [3.63, 3.8) is 0 Å². The molecular formula is C13H16ClN3. The molecule has 4 heteroatoms. The van der Waals surface area contributed by atoms with Crippen molar-refractivity contribution >= 4 is 23.0 Å². The Kier molecular flexibility index (Phi) is 3.59. The maximum absolute atomic E-state index is 6.20. The summed E-state index contributed by atoms with van der Waals surface area (Å²) < 4.78 is 0. The largest absolute Gasteiger partial charge is 0.379 e. The number of hydrogen-bond donors (Lipinski definition) is 2. The second kappa shape index (κ2) is 5.15. The van der Waals surface area contributed by atoms with Gasteiger partial charge < -0.3 is 15.2 Å². The van der Waals surface area contributed by atoms with Crippen molar-refractivity contribution in [1.82, 2.24) is 4.98 Å². The Balaban J connectivity index is 2.18. The number of aromatic nitrogens is 1. The summed E-state index contributed by atoms with van der Waals surface area (Å²) in [5.41, 5.74) is 3.28. The van der Waals surface area contributed by atoms with Crippen molar-refractivity contribution in [2.75, 3.05) is 24.3 Å². The second-order valence-electron chi connectivity index (χ2n) is 4.10. The number of halogens is 1. The number of nitrogens with one attached hydrogen (secondary N) is 2. The highest BCUT2D eigenvalue weighted by atomic mass is 35.5. The predicted molar refractivity (Wildman–Crippen MR) is 73.9 cm³/mol. The molecule has 0 atom stereocenters. The van der Waals surface area contributed by atoms with E-state index in [1.807, 2.05) is 55.7 Å². The zero-order valence-corrected chi connectivity index (χ0v) is 10.8. The number of rotatable bonds is 4. The number of nitrogens with zero attached hydrogens (tertiary/aromatic N) is 1. The summed E-state index contributed by atoms with van der Waals surface area (Å²) >= 11 is 6.20. The third kappa shape index (κ3) is 2.74. The van der Waals surface area contributed by atoms with Crippen molar-refractivity contribution in [2.45, 2.75) is 6.54 Å². The Morgan fingerprint density at radius 2 is 2.12 bits per heavy atom. The van der Waals surface area contributed by atoms with Gasteiger partial charge in [-0.1, -0.05) is 17.7 Å². The van der Waals surface area contributed by atoms with E-state index in [1.54, 1.807) is 0 Å². The summed E-state index contributed by atoms with van der Waals surface area (Å²) in [5, 5.41) is 4.15. The molecule has 2 rings (SSSR count). The van der Waals surface area contributed by atoms with Crippen LogP contribution < -0.4 is 10.2 Å². The van der Waals surface area contributed by atoms with E-state index < -0.39 is 0 Å². The summed E-state index contributed by atoms with van der Waals surface area (Å²) in [5.74, 6) is 0. The van der Waals surface area contributed by atoms with E-state index in [2.05, 4.69) is 10.3 Å². The van der Waals surface area contributed by atoms with E-state index in [0.29, 0.717) is 0 Å². The van der Waals surface area contributed by atoms with Gasteiger partial charge in [-0.2, -0.15) is 0 Å². The predicted octanol–water partition coefficient (Wildman–Crippen LogP) is 3.35. The number of hydrogen-bond acceptors (Lipinski definition) is 2. The number of anilines is 2. The molecule has 0 saturated carbocycles. The highest BCUT2D eigenvalue weighted by Crippen LogP contribution is 2.32. The molecule has 0 aliphatic heterocycles. The standard InChI is InChI=1S/C13H16ClN3/c1-17(2)13-11(14)4-3-5-12(13)16-9-10-6-7-15-8-10/h3-8,15-16H,9H2,1-2H3. The second-order valence-corrected chi connectivity index (χ2v) is 4.51. The van der Waals surface area contributed by atoms with Gasteiger partial charge >= 0.3 is 0 Å². The number of benzene rings is 1. The Morgan fingerprint density at radius 3 is 2.76 bits per heavy atom. The van der Waals surface area contributed by atoms with Crippen molar-refractivity contribution in [3.8, 4) is 0 Å². The minimum Gasteiger partial charge on any atom is -0.379 e. The Morgan fingerprint density at radius 1 is 1.29 bits per heavy atom. The molecule has 0 amide bonds. The molecule has 0 unspecified atom stereocenters. The number of H-pyrrole nitrogens is 1. The molecule has 0 spiro atoms. The van der Waals surface area contributed by atoms with Gasteiger partial charge in [0.15, 0.2) is 0 Å². The summed E-state index contributed by atoms with van der Waals surface area (Å²) in [6.45, 7) is 0.782. The van der Waals surface area contributed by atoms with Gasteiger partial charge in [-0.3, -0.25) is 0 Å².